The zero-order valence-corrected chi connectivity index (χ0v) is 16.4. The fourth-order valence-electron chi connectivity index (χ4n) is 4.06. The number of carbonyl (C=O) groups excluding carboxylic acids is 1. The Balaban J connectivity index is 1.39. The molecule has 0 radical (unpaired) electrons. The van der Waals surface area contributed by atoms with Gasteiger partial charge in [-0.3, -0.25) is 9.69 Å². The highest BCUT2D eigenvalue weighted by molar-refractivity contribution is 5.99. The van der Waals surface area contributed by atoms with Crippen LogP contribution < -0.4 is 10.2 Å². The quantitative estimate of drug-likeness (QED) is 0.838. The summed E-state index contributed by atoms with van der Waals surface area (Å²) in [6, 6.07) is 16.4. The molecule has 0 spiro atoms. The molecule has 1 amide bonds. The molecule has 5 heteroatoms. The summed E-state index contributed by atoms with van der Waals surface area (Å²) < 4.78 is 5.44. The van der Waals surface area contributed by atoms with Crippen LogP contribution in [0.1, 0.15) is 34.3 Å². The van der Waals surface area contributed by atoms with Gasteiger partial charge in [0, 0.05) is 31.9 Å². The molecule has 0 aromatic heterocycles. The van der Waals surface area contributed by atoms with E-state index in [9.17, 15) is 4.79 Å². The van der Waals surface area contributed by atoms with Crippen LogP contribution in [0.5, 0.6) is 0 Å². The maximum atomic E-state index is 12.9. The lowest BCUT2D eigenvalue weighted by Gasteiger charge is -2.30. The first-order valence-corrected chi connectivity index (χ1v) is 10.3. The molecule has 2 heterocycles. The zero-order chi connectivity index (χ0) is 19.2. The van der Waals surface area contributed by atoms with Crippen molar-refractivity contribution in [1.29, 1.82) is 0 Å². The van der Waals surface area contributed by atoms with Crippen LogP contribution >= 0.6 is 0 Å². The van der Waals surface area contributed by atoms with Crippen molar-refractivity contribution < 1.29 is 9.53 Å². The molecule has 0 aliphatic carbocycles. The molecule has 2 fully saturated rings. The minimum absolute atomic E-state index is 0.0213. The highest BCUT2D eigenvalue weighted by Gasteiger charge is 2.18. The summed E-state index contributed by atoms with van der Waals surface area (Å²) in [4.78, 5) is 17.6. The smallest absolute Gasteiger partial charge is 0.253 e. The number of likely N-dealkylation sites (tertiary alicyclic amines) is 1. The summed E-state index contributed by atoms with van der Waals surface area (Å²) in [6.07, 6.45) is 2.61. The van der Waals surface area contributed by atoms with E-state index in [1.165, 1.54) is 31.5 Å². The number of morpholine rings is 1. The second kappa shape index (κ2) is 9.22. The lowest BCUT2D eigenvalue weighted by atomic mass is 10.1. The maximum absolute atomic E-state index is 12.9. The van der Waals surface area contributed by atoms with Crippen molar-refractivity contribution >= 4 is 11.6 Å². The van der Waals surface area contributed by atoms with E-state index in [2.05, 4.69) is 39.4 Å². The number of para-hydroxylation sites is 1. The van der Waals surface area contributed by atoms with Gasteiger partial charge in [0.15, 0.2) is 0 Å². The topological polar surface area (TPSA) is 44.8 Å². The fourth-order valence-corrected chi connectivity index (χ4v) is 4.06. The van der Waals surface area contributed by atoms with Crippen LogP contribution in [0.3, 0.4) is 0 Å². The van der Waals surface area contributed by atoms with E-state index in [1.807, 2.05) is 24.3 Å². The Morgan fingerprint density at radius 1 is 0.929 bits per heavy atom. The molecule has 1 N–H and O–H groups in total. The van der Waals surface area contributed by atoms with Gasteiger partial charge in [0.1, 0.15) is 0 Å². The van der Waals surface area contributed by atoms with E-state index in [1.54, 1.807) is 0 Å². The van der Waals surface area contributed by atoms with Crippen molar-refractivity contribution in [3.63, 3.8) is 0 Å². The van der Waals surface area contributed by atoms with Gasteiger partial charge in [-0.25, -0.2) is 0 Å². The van der Waals surface area contributed by atoms with Gasteiger partial charge < -0.3 is 15.0 Å². The van der Waals surface area contributed by atoms with Gasteiger partial charge in [-0.15, -0.1) is 0 Å². The zero-order valence-electron chi connectivity index (χ0n) is 16.4. The Kier molecular flexibility index (Phi) is 6.24. The lowest BCUT2D eigenvalue weighted by Crippen LogP contribution is -2.37. The van der Waals surface area contributed by atoms with Crippen molar-refractivity contribution in [2.24, 2.45) is 0 Å². The Morgan fingerprint density at radius 2 is 1.68 bits per heavy atom. The summed E-state index contributed by atoms with van der Waals surface area (Å²) in [5.41, 5.74) is 4.19. The SMILES string of the molecule is O=C(NCc1cccc(CN2CCCC2)c1)c1ccccc1N1CCOCC1. The van der Waals surface area contributed by atoms with E-state index in [0.29, 0.717) is 19.8 Å². The lowest BCUT2D eigenvalue weighted by molar-refractivity contribution is 0.0949. The number of carbonyl (C=O) groups is 1. The Morgan fingerprint density at radius 3 is 2.50 bits per heavy atom. The van der Waals surface area contributed by atoms with Gasteiger partial charge in [0.25, 0.3) is 5.91 Å². The first-order valence-electron chi connectivity index (χ1n) is 10.3. The van der Waals surface area contributed by atoms with E-state index >= 15 is 0 Å². The molecule has 0 atom stereocenters. The number of hydrogen-bond acceptors (Lipinski definition) is 4. The average Bonchev–Trinajstić information content (AvgIpc) is 3.26. The molecule has 2 aliphatic rings. The first-order chi connectivity index (χ1) is 13.8. The van der Waals surface area contributed by atoms with Crippen molar-refractivity contribution in [2.75, 3.05) is 44.3 Å². The van der Waals surface area contributed by atoms with Gasteiger partial charge in [-0.05, 0) is 49.2 Å². The molecule has 2 aromatic rings. The van der Waals surface area contributed by atoms with Crippen molar-refractivity contribution in [3.8, 4) is 0 Å². The van der Waals surface area contributed by atoms with E-state index in [0.717, 1.165) is 36.4 Å². The predicted octanol–water partition coefficient (Wildman–Crippen LogP) is 3.05. The molecule has 0 unspecified atom stereocenters. The van der Waals surface area contributed by atoms with Gasteiger partial charge in [-0.1, -0.05) is 36.4 Å². The minimum Gasteiger partial charge on any atom is -0.378 e. The third kappa shape index (κ3) is 4.72. The van der Waals surface area contributed by atoms with E-state index < -0.39 is 0 Å². The molecule has 0 saturated carbocycles. The van der Waals surface area contributed by atoms with E-state index in [4.69, 9.17) is 4.74 Å². The first kappa shape index (κ1) is 19.0. The van der Waals surface area contributed by atoms with Crippen molar-refractivity contribution in [1.82, 2.24) is 10.2 Å². The van der Waals surface area contributed by atoms with Crippen LogP contribution in [-0.4, -0.2) is 50.2 Å². The van der Waals surface area contributed by atoms with Crippen LogP contribution in [-0.2, 0) is 17.8 Å². The number of anilines is 1. The Hall–Kier alpha value is -2.37. The molecular weight excluding hydrogens is 350 g/mol. The third-order valence-corrected chi connectivity index (χ3v) is 5.55. The standard InChI is InChI=1S/C23H29N3O2/c27-23(21-8-1-2-9-22(21)26-12-14-28-15-13-26)24-17-19-6-5-7-20(16-19)18-25-10-3-4-11-25/h1-2,5-9,16H,3-4,10-15,17-18H2,(H,24,27). The molecule has 2 saturated heterocycles. The number of nitrogens with one attached hydrogen (secondary N) is 1. The largest absolute Gasteiger partial charge is 0.378 e. The summed E-state index contributed by atoms with van der Waals surface area (Å²) in [6.45, 7) is 7.00. The van der Waals surface area contributed by atoms with Crippen LogP contribution in [0.2, 0.25) is 0 Å². The Labute approximate surface area is 167 Å². The van der Waals surface area contributed by atoms with Gasteiger partial charge in [0.05, 0.1) is 18.8 Å². The van der Waals surface area contributed by atoms with Crippen molar-refractivity contribution in [2.45, 2.75) is 25.9 Å². The summed E-state index contributed by atoms with van der Waals surface area (Å²) in [5.74, 6) is -0.0213. The number of rotatable bonds is 6. The van der Waals surface area contributed by atoms with Crippen LogP contribution in [0.4, 0.5) is 5.69 Å². The number of ether oxygens (including phenoxy) is 1. The highest BCUT2D eigenvalue weighted by Crippen LogP contribution is 2.21. The van der Waals surface area contributed by atoms with E-state index in [-0.39, 0.29) is 5.91 Å². The monoisotopic (exact) mass is 379 g/mol. The number of benzene rings is 2. The van der Waals surface area contributed by atoms with Gasteiger partial charge >= 0.3 is 0 Å². The second-order valence-electron chi connectivity index (χ2n) is 7.60. The molecular formula is C23H29N3O2. The summed E-state index contributed by atoms with van der Waals surface area (Å²) >= 11 is 0. The minimum atomic E-state index is -0.0213. The van der Waals surface area contributed by atoms with Crippen LogP contribution in [0.15, 0.2) is 48.5 Å². The number of hydrogen-bond donors (Lipinski definition) is 1. The second-order valence-corrected chi connectivity index (χ2v) is 7.60. The number of nitrogens with zero attached hydrogens (tertiary/aromatic N) is 2. The summed E-state index contributed by atoms with van der Waals surface area (Å²) in [5, 5.41) is 3.11. The van der Waals surface area contributed by atoms with Gasteiger partial charge in [-0.2, -0.15) is 0 Å². The molecule has 2 aromatic carbocycles. The average molecular weight is 380 g/mol. The predicted molar refractivity (Wildman–Crippen MR) is 112 cm³/mol. The fraction of sp³-hybridized carbons (Fsp3) is 0.435. The molecule has 4 rings (SSSR count). The molecule has 28 heavy (non-hydrogen) atoms. The van der Waals surface area contributed by atoms with Crippen molar-refractivity contribution in [3.05, 3.63) is 65.2 Å². The van der Waals surface area contributed by atoms with Crippen LogP contribution in [0.25, 0.3) is 0 Å². The normalized spacial score (nSPS) is 17.6. The molecule has 2 aliphatic heterocycles. The highest BCUT2D eigenvalue weighted by atomic mass is 16.5. The molecule has 0 bridgehead atoms. The summed E-state index contributed by atoms with van der Waals surface area (Å²) in [7, 11) is 0. The Bertz CT molecular complexity index is 796. The van der Waals surface area contributed by atoms with Gasteiger partial charge in [0.2, 0.25) is 0 Å². The molecule has 148 valence electrons. The van der Waals surface area contributed by atoms with Crippen LogP contribution in [0, 0.1) is 0 Å². The third-order valence-electron chi connectivity index (χ3n) is 5.55. The molecule has 5 nitrogen and oxygen atoms in total. The number of amides is 1. The maximum Gasteiger partial charge on any atom is 0.253 e.